The second kappa shape index (κ2) is 9.11. The van der Waals surface area contributed by atoms with Crippen LogP contribution in [0.15, 0.2) is 71.4 Å². The van der Waals surface area contributed by atoms with Crippen molar-refractivity contribution in [2.45, 2.75) is 51.2 Å². The summed E-state index contributed by atoms with van der Waals surface area (Å²) in [5.41, 5.74) is 1.39. The van der Waals surface area contributed by atoms with Crippen molar-refractivity contribution in [2.75, 3.05) is 6.54 Å². The summed E-state index contributed by atoms with van der Waals surface area (Å²) < 4.78 is 6.29. The van der Waals surface area contributed by atoms with E-state index in [0.29, 0.717) is 35.1 Å². The fraction of sp³-hybridized carbons (Fsp3) is 0.333. The summed E-state index contributed by atoms with van der Waals surface area (Å²) in [4.78, 5) is 21.8. The molecule has 1 amide bonds. The largest absolute Gasteiger partial charge is 0.440 e. The number of carbonyl (C=O) groups excluding carboxylic acids is 1. The molecule has 0 bridgehead atoms. The van der Waals surface area contributed by atoms with E-state index in [-0.39, 0.29) is 17.9 Å². The lowest BCUT2D eigenvalue weighted by Gasteiger charge is -2.37. The molecule has 2 atom stereocenters. The Labute approximate surface area is 204 Å². The van der Waals surface area contributed by atoms with Gasteiger partial charge in [-0.3, -0.25) is 4.79 Å². The molecule has 8 nitrogen and oxygen atoms in total. The highest BCUT2D eigenvalue weighted by atomic mass is 16.4. The van der Waals surface area contributed by atoms with E-state index in [0.717, 1.165) is 18.4 Å². The van der Waals surface area contributed by atoms with Crippen molar-refractivity contribution in [3.05, 3.63) is 84.1 Å². The number of oxazole rings is 1. The fourth-order valence-corrected chi connectivity index (χ4v) is 4.63. The van der Waals surface area contributed by atoms with E-state index in [1.807, 2.05) is 59.5 Å². The van der Waals surface area contributed by atoms with Crippen LogP contribution in [0.5, 0.6) is 0 Å². The molecule has 0 saturated carbocycles. The quantitative estimate of drug-likeness (QED) is 0.458. The van der Waals surface area contributed by atoms with Gasteiger partial charge in [0, 0.05) is 18.2 Å². The summed E-state index contributed by atoms with van der Waals surface area (Å²) >= 11 is 0. The van der Waals surface area contributed by atoms with Crippen LogP contribution in [-0.2, 0) is 5.60 Å². The first-order chi connectivity index (χ1) is 16.8. The lowest BCUT2D eigenvalue weighted by atomic mass is 9.92. The molecule has 2 aromatic heterocycles. The average Bonchev–Trinajstić information content (AvgIpc) is 3.55. The van der Waals surface area contributed by atoms with Crippen LogP contribution in [0, 0.1) is 0 Å². The van der Waals surface area contributed by atoms with E-state index >= 15 is 0 Å². The van der Waals surface area contributed by atoms with Gasteiger partial charge in [0.2, 0.25) is 0 Å². The maximum absolute atomic E-state index is 13.7. The molecule has 5 rings (SSSR count). The summed E-state index contributed by atoms with van der Waals surface area (Å²) in [6.45, 7) is 5.96. The molecular formula is C27H29N5O3. The first-order valence-electron chi connectivity index (χ1n) is 11.9. The molecule has 180 valence electrons. The van der Waals surface area contributed by atoms with E-state index in [1.54, 1.807) is 26.2 Å². The SMILES string of the molecule is CC1CCC(c2nc(C(C)(C)O)c(-c3ccccc3)o2)CN1C(=O)c1ccccc1-n1nccn1. The third-order valence-electron chi connectivity index (χ3n) is 6.52. The highest BCUT2D eigenvalue weighted by molar-refractivity contribution is 5.98. The van der Waals surface area contributed by atoms with Crippen molar-refractivity contribution in [1.82, 2.24) is 24.9 Å². The lowest BCUT2D eigenvalue weighted by molar-refractivity contribution is 0.0594. The number of piperidine rings is 1. The number of amides is 1. The molecule has 1 aliphatic rings. The highest BCUT2D eigenvalue weighted by Gasteiger charge is 2.36. The third kappa shape index (κ3) is 4.49. The topological polar surface area (TPSA) is 97.3 Å². The van der Waals surface area contributed by atoms with Gasteiger partial charge in [0.25, 0.3) is 5.91 Å². The van der Waals surface area contributed by atoms with E-state index in [2.05, 4.69) is 17.1 Å². The van der Waals surface area contributed by atoms with E-state index in [1.165, 1.54) is 4.80 Å². The van der Waals surface area contributed by atoms with Crippen molar-refractivity contribution in [3.63, 3.8) is 0 Å². The van der Waals surface area contributed by atoms with Gasteiger partial charge in [-0.15, -0.1) is 0 Å². The first kappa shape index (κ1) is 23.0. The summed E-state index contributed by atoms with van der Waals surface area (Å²) in [5, 5.41) is 19.2. The number of likely N-dealkylation sites (tertiary alicyclic amines) is 1. The molecule has 2 unspecified atom stereocenters. The van der Waals surface area contributed by atoms with Crippen LogP contribution in [0.1, 0.15) is 61.5 Å². The zero-order chi connectivity index (χ0) is 24.6. The van der Waals surface area contributed by atoms with Gasteiger partial charge in [0.1, 0.15) is 11.3 Å². The number of nitrogens with zero attached hydrogens (tertiary/aromatic N) is 5. The van der Waals surface area contributed by atoms with Gasteiger partial charge in [-0.25, -0.2) is 4.98 Å². The zero-order valence-corrected chi connectivity index (χ0v) is 20.1. The van der Waals surface area contributed by atoms with E-state index in [9.17, 15) is 9.90 Å². The van der Waals surface area contributed by atoms with Crippen molar-refractivity contribution in [3.8, 4) is 17.0 Å². The van der Waals surface area contributed by atoms with Crippen LogP contribution >= 0.6 is 0 Å². The predicted octanol–water partition coefficient (Wildman–Crippen LogP) is 4.56. The molecule has 0 aliphatic carbocycles. The summed E-state index contributed by atoms with van der Waals surface area (Å²) in [7, 11) is 0. The molecule has 0 radical (unpaired) electrons. The number of hydrogen-bond acceptors (Lipinski definition) is 6. The van der Waals surface area contributed by atoms with Crippen molar-refractivity contribution in [1.29, 1.82) is 0 Å². The second-order valence-corrected chi connectivity index (χ2v) is 9.57. The maximum Gasteiger partial charge on any atom is 0.256 e. The number of carbonyl (C=O) groups is 1. The Kier molecular flexibility index (Phi) is 5.98. The fourth-order valence-electron chi connectivity index (χ4n) is 4.63. The smallest absolute Gasteiger partial charge is 0.256 e. The van der Waals surface area contributed by atoms with Gasteiger partial charge in [-0.1, -0.05) is 42.5 Å². The third-order valence-corrected chi connectivity index (χ3v) is 6.52. The summed E-state index contributed by atoms with van der Waals surface area (Å²) in [6, 6.07) is 17.1. The number of para-hydroxylation sites is 1. The Morgan fingerprint density at radius 2 is 1.71 bits per heavy atom. The molecule has 4 aromatic rings. The van der Waals surface area contributed by atoms with Crippen LogP contribution in [-0.4, -0.2) is 48.5 Å². The zero-order valence-electron chi connectivity index (χ0n) is 20.1. The van der Waals surface area contributed by atoms with Crippen molar-refractivity contribution >= 4 is 5.91 Å². The molecule has 35 heavy (non-hydrogen) atoms. The number of benzene rings is 2. The molecule has 8 heteroatoms. The molecule has 2 aromatic carbocycles. The number of aromatic nitrogens is 4. The van der Waals surface area contributed by atoms with Crippen LogP contribution in [0.4, 0.5) is 0 Å². The minimum Gasteiger partial charge on any atom is -0.440 e. The van der Waals surface area contributed by atoms with Gasteiger partial charge in [0.15, 0.2) is 11.7 Å². The molecular weight excluding hydrogens is 442 g/mol. The van der Waals surface area contributed by atoms with Crippen LogP contribution in [0.25, 0.3) is 17.0 Å². The Balaban J connectivity index is 1.47. The number of hydrogen-bond donors (Lipinski definition) is 1. The Morgan fingerprint density at radius 1 is 1.03 bits per heavy atom. The predicted molar refractivity (Wildman–Crippen MR) is 131 cm³/mol. The van der Waals surface area contributed by atoms with E-state index < -0.39 is 5.60 Å². The Morgan fingerprint density at radius 3 is 2.43 bits per heavy atom. The van der Waals surface area contributed by atoms with E-state index in [4.69, 9.17) is 9.40 Å². The molecule has 1 saturated heterocycles. The molecule has 1 aliphatic heterocycles. The number of rotatable bonds is 5. The molecule has 1 N–H and O–H groups in total. The van der Waals surface area contributed by atoms with Crippen molar-refractivity contribution < 1.29 is 14.3 Å². The normalized spacial score (nSPS) is 18.6. The maximum atomic E-state index is 13.7. The second-order valence-electron chi connectivity index (χ2n) is 9.57. The standard InChI is InChI=1S/C27H29N5O3/c1-18-13-14-20(25-30-24(27(2,3)34)23(35-25)19-9-5-4-6-10-19)17-31(18)26(33)21-11-7-8-12-22(21)32-28-15-16-29-32/h4-12,15-16,18,20,34H,13-14,17H2,1-3H3. The van der Waals surface area contributed by atoms with Crippen LogP contribution in [0.2, 0.25) is 0 Å². The monoisotopic (exact) mass is 471 g/mol. The Bertz CT molecular complexity index is 1310. The minimum atomic E-state index is -1.17. The summed E-state index contributed by atoms with van der Waals surface area (Å²) in [6.07, 6.45) is 4.84. The van der Waals surface area contributed by atoms with Crippen molar-refractivity contribution in [2.24, 2.45) is 0 Å². The summed E-state index contributed by atoms with van der Waals surface area (Å²) in [5.74, 6) is 0.962. The number of aliphatic hydroxyl groups is 1. The van der Waals surface area contributed by atoms with Gasteiger partial charge < -0.3 is 14.4 Å². The first-order valence-corrected chi connectivity index (χ1v) is 11.9. The molecule has 3 heterocycles. The minimum absolute atomic E-state index is 0.0645. The molecule has 0 spiro atoms. The lowest BCUT2D eigenvalue weighted by Crippen LogP contribution is -2.45. The van der Waals surface area contributed by atoms with Crippen LogP contribution < -0.4 is 0 Å². The molecule has 1 fully saturated rings. The van der Waals surface area contributed by atoms with Crippen LogP contribution in [0.3, 0.4) is 0 Å². The van der Waals surface area contributed by atoms with Gasteiger partial charge >= 0.3 is 0 Å². The highest BCUT2D eigenvalue weighted by Crippen LogP contribution is 2.37. The Hall–Kier alpha value is -3.78. The van der Waals surface area contributed by atoms with Gasteiger partial charge in [-0.05, 0) is 45.7 Å². The van der Waals surface area contributed by atoms with Gasteiger partial charge in [-0.2, -0.15) is 15.0 Å². The van der Waals surface area contributed by atoms with Gasteiger partial charge in [0.05, 0.1) is 29.6 Å². The average molecular weight is 472 g/mol.